The Hall–Kier alpha value is -1.06. The highest BCUT2D eigenvalue weighted by Gasteiger charge is 2.19. The topological polar surface area (TPSA) is 49.5 Å². The number of nitrogens with zero attached hydrogens (tertiary/aromatic N) is 1. The van der Waals surface area contributed by atoms with E-state index >= 15 is 0 Å². The van der Waals surface area contributed by atoms with Crippen molar-refractivity contribution in [1.29, 1.82) is 0 Å². The van der Waals surface area contributed by atoms with Gasteiger partial charge in [0.1, 0.15) is 0 Å². The normalized spacial score (nSPS) is 22.5. The second-order valence-corrected chi connectivity index (χ2v) is 5.02. The van der Waals surface area contributed by atoms with E-state index in [4.69, 9.17) is 5.73 Å². The van der Waals surface area contributed by atoms with Crippen LogP contribution in [0.25, 0.3) is 0 Å². The number of hydrogen-bond acceptors (Lipinski definition) is 3. The molecule has 0 aromatic heterocycles. The highest BCUT2D eigenvalue weighted by atomic mass is 16.3. The lowest BCUT2D eigenvalue weighted by molar-refractivity contribution is 0.209. The van der Waals surface area contributed by atoms with Crippen molar-refractivity contribution in [1.82, 2.24) is 0 Å². The Labute approximate surface area is 103 Å². The first kappa shape index (κ1) is 12.4. The first-order valence-corrected chi connectivity index (χ1v) is 6.42. The van der Waals surface area contributed by atoms with Crippen LogP contribution >= 0.6 is 0 Å². The second-order valence-electron chi connectivity index (χ2n) is 5.02. The average molecular weight is 234 g/mol. The summed E-state index contributed by atoms with van der Waals surface area (Å²) in [4.78, 5) is 2.36. The lowest BCUT2D eigenvalue weighted by Gasteiger charge is -2.33. The minimum atomic E-state index is 0.0931. The molecule has 2 rings (SSSR count). The largest absolute Gasteiger partial charge is 0.396 e. The summed E-state index contributed by atoms with van der Waals surface area (Å²) in [5.41, 5.74) is 8.25. The average Bonchev–Trinajstić information content (AvgIpc) is 2.39. The van der Waals surface area contributed by atoms with Crippen LogP contribution in [0.3, 0.4) is 0 Å². The lowest BCUT2D eigenvalue weighted by atomic mass is 9.98. The van der Waals surface area contributed by atoms with Gasteiger partial charge in [-0.2, -0.15) is 0 Å². The summed E-state index contributed by atoms with van der Waals surface area (Å²) in [5, 5.41) is 9.23. The molecule has 1 saturated heterocycles. The third-order valence-electron chi connectivity index (χ3n) is 3.56. The fourth-order valence-corrected chi connectivity index (χ4v) is 2.44. The third-order valence-corrected chi connectivity index (χ3v) is 3.56. The van der Waals surface area contributed by atoms with Gasteiger partial charge in [0.2, 0.25) is 0 Å². The fourth-order valence-electron chi connectivity index (χ4n) is 2.44. The number of piperidine rings is 1. The van der Waals surface area contributed by atoms with E-state index in [-0.39, 0.29) is 6.04 Å². The van der Waals surface area contributed by atoms with Gasteiger partial charge in [0.25, 0.3) is 0 Å². The fraction of sp³-hybridized carbons (Fsp3) is 0.571. The SMILES string of the molecule is C[C@@H](N)c1ccc(N2CCCC(CO)C2)cc1. The van der Waals surface area contributed by atoms with Gasteiger partial charge in [-0.1, -0.05) is 12.1 Å². The van der Waals surface area contributed by atoms with Crippen LogP contribution in [0, 0.1) is 5.92 Å². The van der Waals surface area contributed by atoms with Crippen LogP contribution in [0.15, 0.2) is 24.3 Å². The van der Waals surface area contributed by atoms with Crippen LogP contribution in [0.5, 0.6) is 0 Å². The van der Waals surface area contributed by atoms with Gasteiger partial charge in [0.15, 0.2) is 0 Å². The summed E-state index contributed by atoms with van der Waals surface area (Å²) in [6, 6.07) is 8.57. The van der Waals surface area contributed by atoms with E-state index in [2.05, 4.69) is 29.2 Å². The van der Waals surface area contributed by atoms with Crippen molar-refractivity contribution in [2.75, 3.05) is 24.6 Å². The van der Waals surface area contributed by atoms with Crippen LogP contribution < -0.4 is 10.6 Å². The molecular weight excluding hydrogens is 212 g/mol. The van der Waals surface area contributed by atoms with Crippen molar-refractivity contribution in [2.24, 2.45) is 11.7 Å². The van der Waals surface area contributed by atoms with Gasteiger partial charge >= 0.3 is 0 Å². The van der Waals surface area contributed by atoms with Crippen molar-refractivity contribution < 1.29 is 5.11 Å². The van der Waals surface area contributed by atoms with Crippen molar-refractivity contribution in [2.45, 2.75) is 25.8 Å². The van der Waals surface area contributed by atoms with Gasteiger partial charge in [-0.05, 0) is 43.4 Å². The van der Waals surface area contributed by atoms with Gasteiger partial charge in [-0.3, -0.25) is 0 Å². The smallest absolute Gasteiger partial charge is 0.0476 e. The van der Waals surface area contributed by atoms with Crippen LogP contribution in [-0.2, 0) is 0 Å². The standard InChI is InChI=1S/C14H22N2O/c1-11(15)13-4-6-14(7-5-13)16-8-2-3-12(9-16)10-17/h4-7,11-12,17H,2-3,8-10,15H2,1H3/t11-,12?/m1/s1. The van der Waals surface area contributed by atoms with E-state index in [1.54, 1.807) is 0 Å². The molecule has 1 aromatic rings. The number of anilines is 1. The molecular formula is C14H22N2O. The van der Waals surface area contributed by atoms with E-state index in [0.717, 1.165) is 19.5 Å². The van der Waals surface area contributed by atoms with E-state index in [9.17, 15) is 5.11 Å². The lowest BCUT2D eigenvalue weighted by Crippen LogP contribution is -2.36. The van der Waals surface area contributed by atoms with E-state index in [0.29, 0.717) is 12.5 Å². The Morgan fingerprint density at radius 1 is 1.41 bits per heavy atom. The molecule has 1 unspecified atom stereocenters. The van der Waals surface area contributed by atoms with Gasteiger partial charge in [0, 0.05) is 31.4 Å². The number of nitrogens with two attached hydrogens (primary N) is 1. The van der Waals surface area contributed by atoms with Crippen molar-refractivity contribution in [3.05, 3.63) is 29.8 Å². The first-order chi connectivity index (χ1) is 8.20. The molecule has 2 atom stereocenters. The highest BCUT2D eigenvalue weighted by Crippen LogP contribution is 2.24. The summed E-state index contributed by atoms with van der Waals surface area (Å²) in [5.74, 6) is 0.428. The third kappa shape index (κ3) is 2.99. The predicted molar refractivity (Wildman–Crippen MR) is 71.1 cm³/mol. The zero-order valence-corrected chi connectivity index (χ0v) is 10.5. The molecule has 3 N–H and O–H groups in total. The maximum atomic E-state index is 9.23. The van der Waals surface area contributed by atoms with E-state index in [1.165, 1.54) is 17.7 Å². The van der Waals surface area contributed by atoms with Crippen LogP contribution in [0.2, 0.25) is 0 Å². The molecule has 0 saturated carbocycles. The molecule has 3 heteroatoms. The Balaban J connectivity index is 2.06. The molecule has 1 aliphatic rings. The number of hydrogen-bond donors (Lipinski definition) is 2. The summed E-state index contributed by atoms with van der Waals surface area (Å²) < 4.78 is 0. The van der Waals surface area contributed by atoms with Gasteiger partial charge in [-0.25, -0.2) is 0 Å². The van der Waals surface area contributed by atoms with Gasteiger partial charge < -0.3 is 15.7 Å². The molecule has 1 aliphatic heterocycles. The first-order valence-electron chi connectivity index (χ1n) is 6.42. The minimum absolute atomic E-state index is 0.0931. The Morgan fingerprint density at radius 3 is 2.71 bits per heavy atom. The van der Waals surface area contributed by atoms with Gasteiger partial charge in [-0.15, -0.1) is 0 Å². The Morgan fingerprint density at radius 2 is 2.12 bits per heavy atom. The van der Waals surface area contributed by atoms with Crippen LogP contribution in [0.1, 0.15) is 31.4 Å². The van der Waals surface area contributed by atoms with Crippen LogP contribution in [-0.4, -0.2) is 24.8 Å². The second kappa shape index (κ2) is 5.52. The molecule has 1 heterocycles. The summed E-state index contributed by atoms with van der Waals surface area (Å²) in [7, 11) is 0. The molecule has 0 spiro atoms. The molecule has 3 nitrogen and oxygen atoms in total. The molecule has 1 aromatic carbocycles. The summed E-state index contributed by atoms with van der Waals surface area (Å²) >= 11 is 0. The highest BCUT2D eigenvalue weighted by molar-refractivity contribution is 5.48. The van der Waals surface area contributed by atoms with E-state index < -0.39 is 0 Å². The maximum Gasteiger partial charge on any atom is 0.0476 e. The van der Waals surface area contributed by atoms with Crippen molar-refractivity contribution >= 4 is 5.69 Å². The van der Waals surface area contributed by atoms with E-state index in [1.807, 2.05) is 6.92 Å². The molecule has 94 valence electrons. The zero-order valence-electron chi connectivity index (χ0n) is 10.5. The molecule has 0 bridgehead atoms. The quantitative estimate of drug-likeness (QED) is 0.840. The number of benzene rings is 1. The Bertz CT molecular complexity index is 348. The number of aliphatic hydroxyl groups is 1. The molecule has 1 fully saturated rings. The maximum absolute atomic E-state index is 9.23. The molecule has 0 amide bonds. The molecule has 0 aliphatic carbocycles. The van der Waals surface area contributed by atoms with Crippen molar-refractivity contribution in [3.8, 4) is 0 Å². The molecule has 0 radical (unpaired) electrons. The molecule has 17 heavy (non-hydrogen) atoms. The summed E-state index contributed by atoms with van der Waals surface area (Å²) in [6.45, 7) is 4.36. The van der Waals surface area contributed by atoms with Gasteiger partial charge in [0.05, 0.1) is 0 Å². The summed E-state index contributed by atoms with van der Waals surface area (Å²) in [6.07, 6.45) is 2.31. The van der Waals surface area contributed by atoms with Crippen molar-refractivity contribution in [3.63, 3.8) is 0 Å². The number of rotatable bonds is 3. The minimum Gasteiger partial charge on any atom is -0.396 e. The van der Waals surface area contributed by atoms with Crippen LogP contribution in [0.4, 0.5) is 5.69 Å². The number of aliphatic hydroxyl groups excluding tert-OH is 1. The Kier molecular flexibility index (Phi) is 4.02. The predicted octanol–water partition coefficient (Wildman–Crippen LogP) is 1.92. The zero-order chi connectivity index (χ0) is 12.3. The monoisotopic (exact) mass is 234 g/mol.